The number of ether oxygens (including phenoxy) is 1. The zero-order valence-corrected chi connectivity index (χ0v) is 20.3. The van der Waals surface area contributed by atoms with E-state index in [0.717, 1.165) is 43.6 Å². The van der Waals surface area contributed by atoms with Crippen molar-refractivity contribution < 1.29 is 19.4 Å². The highest BCUT2D eigenvalue weighted by molar-refractivity contribution is 5.77. The number of hydrazine groups is 1. The number of nitrogens with one attached hydrogen (secondary N) is 1. The van der Waals surface area contributed by atoms with Crippen LogP contribution in [0.25, 0.3) is 0 Å². The number of β-amino-alcohol motifs (C(OH)–C–C–N with tert-alkyl or cyclic N) is 1. The van der Waals surface area contributed by atoms with E-state index in [4.69, 9.17) is 21.2 Å². The van der Waals surface area contributed by atoms with Crippen LogP contribution in [-0.2, 0) is 14.3 Å². The zero-order chi connectivity index (χ0) is 26.0. The van der Waals surface area contributed by atoms with Crippen molar-refractivity contribution in [3.05, 3.63) is 35.4 Å². The van der Waals surface area contributed by atoms with Crippen LogP contribution >= 0.6 is 0 Å². The average Bonchev–Trinajstić information content (AvgIpc) is 3.32. The number of rotatable bonds is 5. The van der Waals surface area contributed by atoms with Gasteiger partial charge in [0.05, 0.1) is 18.6 Å². The topological polar surface area (TPSA) is 155 Å². The highest BCUT2D eigenvalue weighted by Crippen LogP contribution is 2.34. The largest absolute Gasteiger partial charge is 0.391 e. The molecule has 2 aliphatic heterocycles. The Balaban J connectivity index is 0.000000563. The quantitative estimate of drug-likeness (QED) is 0.283. The fourth-order valence-corrected chi connectivity index (χ4v) is 3.78. The van der Waals surface area contributed by atoms with E-state index in [9.17, 15) is 9.90 Å². The first-order valence-corrected chi connectivity index (χ1v) is 11.2. The second-order valence-electron chi connectivity index (χ2n) is 8.35. The molecule has 0 aromatic heterocycles. The lowest BCUT2D eigenvalue weighted by Crippen LogP contribution is -2.36. The van der Waals surface area contributed by atoms with Gasteiger partial charge in [-0.05, 0) is 49.4 Å². The first-order chi connectivity index (χ1) is 16.4. The molecule has 3 rings (SSSR count). The molecule has 0 spiro atoms. The summed E-state index contributed by atoms with van der Waals surface area (Å²) in [6.07, 6.45) is 8.66. The van der Waals surface area contributed by atoms with Crippen LogP contribution < -0.4 is 17.0 Å². The molecular formula is C25H39N5O4. The number of carbonyl (C=O) groups excluding carboxylic acids is 2. The van der Waals surface area contributed by atoms with Crippen LogP contribution in [0.15, 0.2) is 24.3 Å². The number of likely N-dealkylation sites (tertiary alicyclic amines) is 1. The van der Waals surface area contributed by atoms with Gasteiger partial charge >= 0.3 is 0 Å². The number of carbonyl (C=O) groups is 2. The molecule has 188 valence electrons. The number of benzene rings is 1. The lowest BCUT2D eigenvalue weighted by molar-refractivity contribution is -0.134. The number of aliphatic hydroxyl groups is 1. The van der Waals surface area contributed by atoms with Crippen LogP contribution in [0.3, 0.4) is 0 Å². The van der Waals surface area contributed by atoms with Gasteiger partial charge in [0.15, 0.2) is 0 Å². The molecule has 2 heterocycles. The molecule has 0 radical (unpaired) electrons. The predicted molar refractivity (Wildman–Crippen MR) is 132 cm³/mol. The Bertz CT molecular complexity index is 782. The van der Waals surface area contributed by atoms with Crippen molar-refractivity contribution in [3.63, 3.8) is 0 Å². The monoisotopic (exact) mass is 473 g/mol. The van der Waals surface area contributed by atoms with E-state index >= 15 is 0 Å². The normalized spacial score (nSPS) is 18.8. The van der Waals surface area contributed by atoms with E-state index in [1.807, 2.05) is 38.1 Å². The van der Waals surface area contributed by atoms with Gasteiger partial charge in [-0.3, -0.25) is 16.5 Å². The summed E-state index contributed by atoms with van der Waals surface area (Å²) >= 11 is 0. The Hall–Kier alpha value is -2.79. The van der Waals surface area contributed by atoms with Gasteiger partial charge in [0.2, 0.25) is 5.91 Å². The maximum Gasteiger partial charge on any atom is 0.223 e. The fraction of sp³-hybridized carbons (Fsp3) is 0.560. The van der Waals surface area contributed by atoms with Crippen molar-refractivity contribution in [2.45, 2.75) is 51.2 Å². The first kappa shape index (κ1) is 31.2. The zero-order valence-electron chi connectivity index (χ0n) is 20.3. The van der Waals surface area contributed by atoms with Crippen molar-refractivity contribution in [1.82, 2.24) is 10.2 Å². The van der Waals surface area contributed by atoms with Crippen LogP contribution in [-0.4, -0.2) is 62.2 Å². The molecule has 2 unspecified atom stereocenters. The van der Waals surface area contributed by atoms with Gasteiger partial charge in [-0.25, -0.2) is 0 Å². The molecule has 2 saturated heterocycles. The summed E-state index contributed by atoms with van der Waals surface area (Å²) in [6, 6.07) is 9.91. The Morgan fingerprint density at radius 1 is 1.35 bits per heavy atom. The Labute approximate surface area is 203 Å². The van der Waals surface area contributed by atoms with Crippen LogP contribution in [0.1, 0.15) is 56.2 Å². The maximum absolute atomic E-state index is 12.0. The van der Waals surface area contributed by atoms with Crippen molar-refractivity contribution in [2.75, 3.05) is 33.4 Å². The third-order valence-corrected chi connectivity index (χ3v) is 5.92. The molecule has 1 aromatic rings. The van der Waals surface area contributed by atoms with E-state index in [-0.39, 0.29) is 23.5 Å². The summed E-state index contributed by atoms with van der Waals surface area (Å²) in [5.74, 6) is 10.8. The van der Waals surface area contributed by atoms with Crippen molar-refractivity contribution in [2.24, 2.45) is 17.1 Å². The van der Waals surface area contributed by atoms with E-state index in [1.54, 1.807) is 4.90 Å². The van der Waals surface area contributed by atoms with Gasteiger partial charge < -0.3 is 24.9 Å². The highest BCUT2D eigenvalue weighted by atomic mass is 16.5. The lowest BCUT2D eigenvalue weighted by atomic mass is 9.79. The number of aliphatic hydroxyl groups excluding tert-OH is 1. The summed E-state index contributed by atoms with van der Waals surface area (Å²) in [5.41, 5.74) is 2.05. The van der Waals surface area contributed by atoms with Crippen LogP contribution in [0.4, 0.5) is 0 Å². The molecule has 1 amide bonds. The summed E-state index contributed by atoms with van der Waals surface area (Å²) in [6.45, 7) is 6.94. The predicted octanol–water partition coefficient (Wildman–Crippen LogP) is 1.26. The molecule has 1 aromatic carbocycles. The number of amides is 1. The average molecular weight is 474 g/mol. The number of hydrogen-bond acceptors (Lipinski definition) is 8. The van der Waals surface area contributed by atoms with Crippen LogP contribution in [0.5, 0.6) is 0 Å². The summed E-state index contributed by atoms with van der Waals surface area (Å²) < 4.78 is 5.32. The number of hydrogen-bond donors (Lipinski definition) is 4. The molecule has 0 saturated carbocycles. The Kier molecular flexibility index (Phi) is 16.2. The molecule has 9 nitrogen and oxygen atoms in total. The molecule has 2 aliphatic rings. The van der Waals surface area contributed by atoms with Gasteiger partial charge in [-0.15, -0.1) is 6.42 Å². The Morgan fingerprint density at radius 3 is 2.38 bits per heavy atom. The summed E-state index contributed by atoms with van der Waals surface area (Å²) in [5, 5.41) is 21.1. The van der Waals surface area contributed by atoms with E-state index < -0.39 is 0 Å². The van der Waals surface area contributed by atoms with Crippen molar-refractivity contribution in [1.29, 1.82) is 5.26 Å². The molecular weight excluding hydrogens is 434 g/mol. The maximum atomic E-state index is 12.0. The second kappa shape index (κ2) is 17.7. The van der Waals surface area contributed by atoms with Crippen molar-refractivity contribution >= 4 is 12.7 Å². The molecule has 9 heteroatoms. The second-order valence-corrected chi connectivity index (χ2v) is 8.35. The fourth-order valence-electron chi connectivity index (χ4n) is 3.78. The summed E-state index contributed by atoms with van der Waals surface area (Å²) in [4.78, 5) is 21.8. The van der Waals surface area contributed by atoms with Gasteiger partial charge in [-0.2, -0.15) is 5.26 Å². The highest BCUT2D eigenvalue weighted by Gasteiger charge is 2.33. The molecule has 34 heavy (non-hydrogen) atoms. The minimum absolute atomic E-state index is 0.0897. The molecule has 0 aliphatic carbocycles. The molecule has 2 fully saturated rings. The van der Waals surface area contributed by atoms with E-state index in [2.05, 4.69) is 35.9 Å². The first-order valence-electron chi connectivity index (χ1n) is 11.2. The third kappa shape index (κ3) is 10.9. The minimum atomic E-state index is -0.313. The molecule has 6 N–H and O–H groups in total. The minimum Gasteiger partial charge on any atom is -0.391 e. The standard InChI is InChI=1S/C12H12N2.C12H21NO3.CH2O.H4N2/c1-3-10-4-6-11(7-5-10)12(14-2)8-9-13;1-12(3-6-16-7-4-12)8-11(15)13-5-2-10(14)9-13;2*1-2/h1,4-7,12,14H,8H2,2H3;10,14H,2-9H2,1H3;1H2;1-2H2. The lowest BCUT2D eigenvalue weighted by Gasteiger charge is -2.34. The Morgan fingerprint density at radius 2 is 1.94 bits per heavy atom. The third-order valence-electron chi connectivity index (χ3n) is 5.92. The number of nitriles is 1. The SMILES string of the molecule is C#Cc1ccc(C(CC#N)NC)cc1.C=O.CC1(CC(=O)N2CCC(O)C2)CCOCC1.NN. The van der Waals surface area contributed by atoms with E-state index in [1.165, 1.54) is 0 Å². The smallest absolute Gasteiger partial charge is 0.223 e. The van der Waals surface area contributed by atoms with Crippen LogP contribution in [0.2, 0.25) is 0 Å². The van der Waals surface area contributed by atoms with Gasteiger partial charge in [0.25, 0.3) is 0 Å². The van der Waals surface area contributed by atoms with Gasteiger partial charge in [0.1, 0.15) is 6.79 Å². The van der Waals surface area contributed by atoms with Crippen LogP contribution in [0, 0.1) is 29.1 Å². The molecule has 0 bridgehead atoms. The van der Waals surface area contributed by atoms with Crippen molar-refractivity contribution in [3.8, 4) is 18.4 Å². The van der Waals surface area contributed by atoms with Gasteiger partial charge in [-0.1, -0.05) is 25.0 Å². The number of nitrogens with zero attached hydrogens (tertiary/aromatic N) is 2. The number of terminal acetylenes is 1. The number of nitrogens with two attached hydrogens (primary N) is 2. The van der Waals surface area contributed by atoms with E-state index in [0.29, 0.717) is 25.9 Å². The van der Waals surface area contributed by atoms with Gasteiger partial charge in [0, 0.05) is 44.3 Å². The summed E-state index contributed by atoms with van der Waals surface area (Å²) in [7, 11) is 1.84. The molecule has 2 atom stereocenters.